The van der Waals surface area contributed by atoms with E-state index in [-0.39, 0.29) is 11.9 Å². The summed E-state index contributed by atoms with van der Waals surface area (Å²) in [5.41, 5.74) is 1.17. The number of thiophene rings is 1. The average molecular weight is 235 g/mol. The first-order valence-corrected chi connectivity index (χ1v) is 6.21. The molecule has 0 aromatic carbocycles. The summed E-state index contributed by atoms with van der Waals surface area (Å²) in [5.74, 6) is 2.57. The van der Waals surface area contributed by atoms with Crippen LogP contribution in [0, 0.1) is 26.2 Å². The number of nitrogens with one attached hydrogen (secondary N) is 1. The average Bonchev–Trinajstić information content (AvgIpc) is 2.58. The largest absolute Gasteiger partial charge is 0.348 e. The van der Waals surface area contributed by atoms with Crippen LogP contribution in [-0.2, 0) is 0 Å². The third-order valence-electron chi connectivity index (χ3n) is 2.58. The molecule has 1 atom stereocenters. The van der Waals surface area contributed by atoms with Crippen LogP contribution in [0.2, 0.25) is 0 Å². The molecule has 2 nitrogen and oxygen atoms in total. The molecule has 0 radical (unpaired) electrons. The van der Waals surface area contributed by atoms with Crippen LogP contribution in [0.1, 0.15) is 39.9 Å². The predicted molar refractivity (Wildman–Crippen MR) is 68.8 cm³/mol. The van der Waals surface area contributed by atoms with E-state index in [1.807, 2.05) is 26.8 Å². The topological polar surface area (TPSA) is 29.1 Å². The zero-order chi connectivity index (χ0) is 12.1. The Balaban J connectivity index is 2.68. The maximum absolute atomic E-state index is 11.9. The number of aryl methyl sites for hydroxylation is 2. The van der Waals surface area contributed by atoms with Gasteiger partial charge in [-0.1, -0.05) is 6.92 Å². The monoisotopic (exact) mass is 235 g/mol. The van der Waals surface area contributed by atoms with Crippen LogP contribution in [0.5, 0.6) is 0 Å². The fourth-order valence-corrected chi connectivity index (χ4v) is 2.32. The standard InChI is InChI=1S/C13H17NOS/c1-5-7-11(6-2)14-13(15)12-8-9(3)10(4)16-12/h1,8,11H,6-7H2,2-4H3,(H,14,15). The van der Waals surface area contributed by atoms with Crippen molar-refractivity contribution in [2.24, 2.45) is 0 Å². The molecular weight excluding hydrogens is 218 g/mol. The van der Waals surface area contributed by atoms with E-state index in [4.69, 9.17) is 6.42 Å². The Labute approximate surface area is 101 Å². The predicted octanol–water partition coefficient (Wildman–Crippen LogP) is 2.90. The van der Waals surface area contributed by atoms with Crippen molar-refractivity contribution < 1.29 is 4.79 Å². The maximum Gasteiger partial charge on any atom is 0.261 e. The molecule has 1 heterocycles. The van der Waals surface area contributed by atoms with Crippen LogP contribution in [0.25, 0.3) is 0 Å². The Bertz CT molecular complexity index is 395. The second kappa shape index (κ2) is 5.72. The normalized spacial score (nSPS) is 11.9. The summed E-state index contributed by atoms with van der Waals surface area (Å²) in [5, 5.41) is 2.95. The van der Waals surface area contributed by atoms with E-state index in [9.17, 15) is 4.79 Å². The molecule has 16 heavy (non-hydrogen) atoms. The highest BCUT2D eigenvalue weighted by Gasteiger charge is 2.13. The van der Waals surface area contributed by atoms with E-state index in [2.05, 4.69) is 11.2 Å². The first kappa shape index (κ1) is 12.8. The first-order valence-electron chi connectivity index (χ1n) is 5.39. The zero-order valence-electron chi connectivity index (χ0n) is 9.96. The minimum absolute atomic E-state index is 0.0108. The van der Waals surface area contributed by atoms with E-state index >= 15 is 0 Å². The summed E-state index contributed by atoms with van der Waals surface area (Å²) in [6.07, 6.45) is 6.70. The zero-order valence-corrected chi connectivity index (χ0v) is 10.8. The second-order valence-corrected chi connectivity index (χ2v) is 5.09. The van der Waals surface area contributed by atoms with Gasteiger partial charge in [0.05, 0.1) is 4.88 Å². The van der Waals surface area contributed by atoms with Gasteiger partial charge in [0.1, 0.15) is 0 Å². The minimum atomic E-state index is -0.0108. The molecule has 1 N–H and O–H groups in total. The number of carbonyl (C=O) groups is 1. The van der Waals surface area contributed by atoms with Crippen LogP contribution in [0.15, 0.2) is 6.07 Å². The van der Waals surface area contributed by atoms with E-state index < -0.39 is 0 Å². The van der Waals surface area contributed by atoms with Crippen LogP contribution >= 0.6 is 11.3 Å². The van der Waals surface area contributed by atoms with Gasteiger partial charge in [0.2, 0.25) is 0 Å². The molecule has 0 spiro atoms. The number of terminal acetylenes is 1. The Morgan fingerprint density at radius 2 is 2.31 bits per heavy atom. The lowest BCUT2D eigenvalue weighted by Gasteiger charge is -2.12. The van der Waals surface area contributed by atoms with Gasteiger partial charge < -0.3 is 5.32 Å². The number of rotatable bonds is 4. The molecule has 1 aromatic rings. The molecule has 1 amide bonds. The van der Waals surface area contributed by atoms with Gasteiger partial charge in [0.15, 0.2) is 0 Å². The molecule has 0 saturated carbocycles. The Morgan fingerprint density at radius 3 is 2.75 bits per heavy atom. The minimum Gasteiger partial charge on any atom is -0.348 e. The van der Waals surface area contributed by atoms with E-state index in [1.165, 1.54) is 21.8 Å². The van der Waals surface area contributed by atoms with Crippen molar-refractivity contribution in [3.8, 4) is 12.3 Å². The van der Waals surface area contributed by atoms with Gasteiger partial charge in [-0.25, -0.2) is 0 Å². The molecule has 3 heteroatoms. The third-order valence-corrected chi connectivity index (χ3v) is 3.73. The molecule has 0 bridgehead atoms. The molecule has 0 aliphatic heterocycles. The van der Waals surface area contributed by atoms with Crippen molar-refractivity contribution >= 4 is 17.2 Å². The summed E-state index contributed by atoms with van der Waals surface area (Å²) in [4.78, 5) is 13.8. The highest BCUT2D eigenvalue weighted by Crippen LogP contribution is 2.20. The molecular formula is C13H17NOS. The Morgan fingerprint density at radius 1 is 1.62 bits per heavy atom. The van der Waals surface area contributed by atoms with Gasteiger partial charge in [-0.3, -0.25) is 4.79 Å². The van der Waals surface area contributed by atoms with Crippen molar-refractivity contribution in [3.63, 3.8) is 0 Å². The fraction of sp³-hybridized carbons (Fsp3) is 0.462. The van der Waals surface area contributed by atoms with Gasteiger partial charge in [-0.15, -0.1) is 23.7 Å². The fourth-order valence-electron chi connectivity index (χ4n) is 1.38. The Hall–Kier alpha value is -1.27. The lowest BCUT2D eigenvalue weighted by Crippen LogP contribution is -2.33. The molecule has 1 aromatic heterocycles. The number of hydrogen-bond donors (Lipinski definition) is 1. The summed E-state index contributed by atoms with van der Waals surface area (Å²) >= 11 is 1.53. The molecule has 0 aliphatic carbocycles. The quantitative estimate of drug-likeness (QED) is 0.799. The smallest absolute Gasteiger partial charge is 0.261 e. The molecule has 86 valence electrons. The number of hydrogen-bond acceptors (Lipinski definition) is 2. The first-order chi connectivity index (χ1) is 7.58. The van der Waals surface area contributed by atoms with Gasteiger partial charge in [-0.05, 0) is 31.9 Å². The Kier molecular flexibility index (Phi) is 4.57. The molecule has 0 fully saturated rings. The van der Waals surface area contributed by atoms with Crippen LogP contribution < -0.4 is 5.32 Å². The third kappa shape index (κ3) is 3.11. The van der Waals surface area contributed by atoms with Crippen LogP contribution in [0.3, 0.4) is 0 Å². The lowest BCUT2D eigenvalue weighted by molar-refractivity contribution is 0.0941. The van der Waals surface area contributed by atoms with Crippen molar-refractivity contribution in [2.75, 3.05) is 0 Å². The van der Waals surface area contributed by atoms with Crippen LogP contribution in [0.4, 0.5) is 0 Å². The highest BCUT2D eigenvalue weighted by molar-refractivity contribution is 7.14. The molecule has 0 aliphatic rings. The van der Waals surface area contributed by atoms with Gasteiger partial charge in [0, 0.05) is 17.3 Å². The van der Waals surface area contributed by atoms with E-state index in [1.54, 1.807) is 0 Å². The van der Waals surface area contributed by atoms with Gasteiger partial charge in [0.25, 0.3) is 5.91 Å². The van der Waals surface area contributed by atoms with Crippen molar-refractivity contribution in [1.29, 1.82) is 0 Å². The molecule has 1 rings (SSSR count). The molecule has 0 saturated heterocycles. The van der Waals surface area contributed by atoms with Gasteiger partial charge in [-0.2, -0.15) is 0 Å². The summed E-state index contributed by atoms with van der Waals surface area (Å²) < 4.78 is 0. The van der Waals surface area contributed by atoms with Crippen molar-refractivity contribution in [1.82, 2.24) is 5.32 Å². The van der Waals surface area contributed by atoms with Crippen molar-refractivity contribution in [2.45, 2.75) is 39.7 Å². The SMILES string of the molecule is C#CCC(CC)NC(=O)c1cc(C)c(C)s1. The summed E-state index contributed by atoms with van der Waals surface area (Å²) in [7, 11) is 0. The lowest BCUT2D eigenvalue weighted by atomic mass is 10.1. The second-order valence-electron chi connectivity index (χ2n) is 3.84. The summed E-state index contributed by atoms with van der Waals surface area (Å²) in [6.45, 7) is 6.06. The summed E-state index contributed by atoms with van der Waals surface area (Å²) in [6, 6.07) is 2.01. The number of carbonyl (C=O) groups excluding carboxylic acids is 1. The van der Waals surface area contributed by atoms with Crippen LogP contribution in [-0.4, -0.2) is 11.9 Å². The highest BCUT2D eigenvalue weighted by atomic mass is 32.1. The van der Waals surface area contributed by atoms with E-state index in [0.29, 0.717) is 6.42 Å². The number of amides is 1. The van der Waals surface area contributed by atoms with Crippen molar-refractivity contribution in [3.05, 3.63) is 21.4 Å². The molecule has 1 unspecified atom stereocenters. The van der Waals surface area contributed by atoms with E-state index in [0.717, 1.165) is 11.3 Å². The maximum atomic E-state index is 11.9. The van der Waals surface area contributed by atoms with Gasteiger partial charge >= 0.3 is 0 Å².